The molecule has 0 bridgehead atoms. The minimum Gasteiger partial charge on any atom is -0.479 e. The summed E-state index contributed by atoms with van der Waals surface area (Å²) in [6, 6.07) is 2.92. The quantitative estimate of drug-likeness (QED) is 0.890. The van der Waals surface area contributed by atoms with Crippen molar-refractivity contribution in [1.29, 1.82) is 0 Å². The minimum absolute atomic E-state index is 0.199. The molecule has 0 spiro atoms. The summed E-state index contributed by atoms with van der Waals surface area (Å²) in [5.74, 6) is -4.85. The molecule has 7 heteroatoms. The maximum Gasteiger partial charge on any atom is 0.343 e. The van der Waals surface area contributed by atoms with Crippen molar-refractivity contribution < 1.29 is 27.9 Å². The molecule has 1 atom stereocenters. The van der Waals surface area contributed by atoms with E-state index >= 15 is 0 Å². The molecule has 0 aromatic heterocycles. The van der Waals surface area contributed by atoms with Crippen LogP contribution >= 0.6 is 0 Å². The fraction of sp³-hybridized carbons (Fsp3) is 0.333. The van der Waals surface area contributed by atoms with Gasteiger partial charge < -0.3 is 10.0 Å². The first-order valence-corrected chi connectivity index (χ1v) is 5.51. The topological polar surface area (TPSA) is 57.6 Å². The molecule has 1 N–H and O–H groups in total. The molecule has 1 heterocycles. The molecule has 1 aromatic rings. The van der Waals surface area contributed by atoms with Crippen LogP contribution in [0, 0.1) is 11.6 Å². The summed E-state index contributed by atoms with van der Waals surface area (Å²) in [5, 5.41) is 8.69. The van der Waals surface area contributed by atoms with E-state index in [0.29, 0.717) is 0 Å². The number of amides is 1. The second-order valence-electron chi connectivity index (χ2n) is 4.34. The van der Waals surface area contributed by atoms with Gasteiger partial charge in [-0.25, -0.2) is 18.0 Å². The average molecular weight is 273 g/mol. The van der Waals surface area contributed by atoms with Crippen molar-refractivity contribution in [1.82, 2.24) is 4.90 Å². The third-order valence-electron chi connectivity index (χ3n) is 3.07. The van der Waals surface area contributed by atoms with Gasteiger partial charge in [0.1, 0.15) is 17.2 Å². The van der Waals surface area contributed by atoms with E-state index in [1.54, 1.807) is 0 Å². The Balaban J connectivity index is 2.25. The van der Waals surface area contributed by atoms with Crippen LogP contribution in [0.5, 0.6) is 0 Å². The third kappa shape index (κ3) is 2.27. The van der Waals surface area contributed by atoms with Crippen LogP contribution in [-0.4, -0.2) is 40.6 Å². The lowest BCUT2D eigenvalue weighted by atomic mass is 10.1. The third-order valence-corrected chi connectivity index (χ3v) is 3.07. The maximum atomic E-state index is 13.8. The number of halogens is 3. The number of benzene rings is 1. The van der Waals surface area contributed by atoms with Gasteiger partial charge in [-0.05, 0) is 12.1 Å². The summed E-state index contributed by atoms with van der Waals surface area (Å²) in [6.45, 7) is -0.912. The molecule has 1 unspecified atom stereocenters. The number of carboxylic acid groups (broad SMARTS) is 1. The van der Waals surface area contributed by atoms with Gasteiger partial charge in [-0.15, -0.1) is 0 Å². The minimum atomic E-state index is -2.56. The number of nitrogens with zero attached hydrogens (tertiary/aromatic N) is 1. The summed E-state index contributed by atoms with van der Waals surface area (Å²) in [5.41, 5.74) is -3.35. The van der Waals surface area contributed by atoms with Gasteiger partial charge >= 0.3 is 5.97 Å². The Morgan fingerprint density at radius 2 is 1.84 bits per heavy atom. The van der Waals surface area contributed by atoms with E-state index in [4.69, 9.17) is 5.11 Å². The molecule has 2 rings (SSSR count). The van der Waals surface area contributed by atoms with Crippen molar-refractivity contribution in [3.8, 4) is 0 Å². The molecule has 102 valence electrons. The number of likely N-dealkylation sites (tertiary alicyclic amines) is 1. The molecular weight excluding hydrogens is 263 g/mol. The van der Waals surface area contributed by atoms with E-state index in [0.717, 1.165) is 23.1 Å². The smallest absolute Gasteiger partial charge is 0.343 e. The fourth-order valence-electron chi connectivity index (χ4n) is 1.98. The molecule has 4 nitrogen and oxygen atoms in total. The lowest BCUT2D eigenvalue weighted by Crippen LogP contribution is -2.39. The molecular formula is C12H10F3NO3. The molecule has 0 aliphatic carbocycles. The van der Waals surface area contributed by atoms with Crippen LogP contribution < -0.4 is 0 Å². The lowest BCUT2D eigenvalue weighted by molar-refractivity contribution is -0.149. The Morgan fingerprint density at radius 3 is 2.32 bits per heavy atom. The Kier molecular flexibility index (Phi) is 3.21. The van der Waals surface area contributed by atoms with Crippen molar-refractivity contribution in [2.24, 2.45) is 0 Å². The zero-order valence-electron chi connectivity index (χ0n) is 9.70. The number of alkyl halides is 1. The van der Waals surface area contributed by atoms with Gasteiger partial charge in [0.05, 0.1) is 6.54 Å². The molecule has 0 radical (unpaired) electrons. The molecule has 19 heavy (non-hydrogen) atoms. The number of rotatable bonds is 2. The normalized spacial score (nSPS) is 22.6. The zero-order chi connectivity index (χ0) is 14.2. The van der Waals surface area contributed by atoms with Gasteiger partial charge in [0.25, 0.3) is 5.91 Å². The van der Waals surface area contributed by atoms with Crippen LogP contribution in [0.1, 0.15) is 16.8 Å². The molecule has 1 amide bonds. The second-order valence-corrected chi connectivity index (χ2v) is 4.34. The van der Waals surface area contributed by atoms with E-state index in [2.05, 4.69) is 0 Å². The predicted molar refractivity (Wildman–Crippen MR) is 58.4 cm³/mol. The number of carbonyl (C=O) groups is 2. The SMILES string of the molecule is O=C(c1c(F)cccc1F)N1CCC(F)(C(=O)O)C1. The Labute approximate surface area is 106 Å². The number of hydrogen-bond acceptors (Lipinski definition) is 2. The van der Waals surface area contributed by atoms with Crippen LogP contribution in [0.3, 0.4) is 0 Å². The highest BCUT2D eigenvalue weighted by atomic mass is 19.1. The summed E-state index contributed by atoms with van der Waals surface area (Å²) in [7, 11) is 0. The first kappa shape index (κ1) is 13.4. The first-order valence-electron chi connectivity index (χ1n) is 5.51. The van der Waals surface area contributed by atoms with Crippen molar-refractivity contribution in [2.45, 2.75) is 12.1 Å². The van der Waals surface area contributed by atoms with Crippen molar-refractivity contribution >= 4 is 11.9 Å². The van der Waals surface area contributed by atoms with E-state index < -0.39 is 47.7 Å². The molecule has 1 fully saturated rings. The molecule has 1 aliphatic rings. The monoisotopic (exact) mass is 273 g/mol. The fourth-order valence-corrected chi connectivity index (χ4v) is 1.98. The number of aliphatic carboxylic acids is 1. The summed E-state index contributed by atoms with van der Waals surface area (Å²) in [6.07, 6.45) is -0.399. The summed E-state index contributed by atoms with van der Waals surface area (Å²) >= 11 is 0. The predicted octanol–water partition coefficient (Wildman–Crippen LogP) is 1.60. The maximum absolute atomic E-state index is 13.8. The van der Waals surface area contributed by atoms with E-state index in [1.807, 2.05) is 0 Å². The van der Waals surface area contributed by atoms with E-state index in [9.17, 15) is 22.8 Å². The Bertz CT molecular complexity index is 529. The molecule has 1 saturated heterocycles. The van der Waals surface area contributed by atoms with Crippen molar-refractivity contribution in [3.63, 3.8) is 0 Å². The molecule has 1 aromatic carbocycles. The van der Waals surface area contributed by atoms with Gasteiger partial charge in [0.15, 0.2) is 0 Å². The highest BCUT2D eigenvalue weighted by molar-refractivity contribution is 5.95. The summed E-state index contributed by atoms with van der Waals surface area (Å²) < 4.78 is 40.6. The van der Waals surface area contributed by atoms with Gasteiger partial charge in [-0.1, -0.05) is 6.07 Å². The van der Waals surface area contributed by atoms with Crippen LogP contribution in [0.15, 0.2) is 18.2 Å². The second kappa shape index (κ2) is 4.56. The zero-order valence-corrected chi connectivity index (χ0v) is 9.70. The van der Waals surface area contributed by atoms with Crippen molar-refractivity contribution in [2.75, 3.05) is 13.1 Å². The highest BCUT2D eigenvalue weighted by Gasteiger charge is 2.47. The van der Waals surface area contributed by atoms with Gasteiger partial charge in [0.2, 0.25) is 5.67 Å². The van der Waals surface area contributed by atoms with Gasteiger partial charge in [0, 0.05) is 13.0 Å². The summed E-state index contributed by atoms with van der Waals surface area (Å²) in [4.78, 5) is 23.4. The van der Waals surface area contributed by atoms with Crippen LogP contribution in [0.2, 0.25) is 0 Å². The lowest BCUT2D eigenvalue weighted by Gasteiger charge is -2.18. The van der Waals surface area contributed by atoms with Crippen LogP contribution in [0.4, 0.5) is 13.2 Å². The number of carbonyl (C=O) groups excluding carboxylic acids is 1. The standard InChI is InChI=1S/C12H10F3NO3/c13-7-2-1-3-8(14)9(7)10(17)16-5-4-12(15,6-16)11(18)19/h1-3H,4-6H2,(H,18,19). The first-order chi connectivity index (χ1) is 8.85. The number of hydrogen-bond donors (Lipinski definition) is 1. The highest BCUT2D eigenvalue weighted by Crippen LogP contribution is 2.28. The van der Waals surface area contributed by atoms with E-state index in [-0.39, 0.29) is 6.54 Å². The van der Waals surface area contributed by atoms with Crippen molar-refractivity contribution in [3.05, 3.63) is 35.4 Å². The Hall–Kier alpha value is -2.05. The number of carboxylic acids is 1. The molecule has 0 saturated carbocycles. The van der Waals surface area contributed by atoms with Crippen LogP contribution in [0.25, 0.3) is 0 Å². The molecule has 1 aliphatic heterocycles. The average Bonchev–Trinajstić information content (AvgIpc) is 2.73. The Morgan fingerprint density at radius 1 is 1.26 bits per heavy atom. The van der Waals surface area contributed by atoms with Gasteiger partial charge in [-0.3, -0.25) is 4.79 Å². The van der Waals surface area contributed by atoms with Gasteiger partial charge in [-0.2, -0.15) is 0 Å². The van der Waals surface area contributed by atoms with E-state index in [1.165, 1.54) is 0 Å². The van der Waals surface area contributed by atoms with Crippen LogP contribution in [-0.2, 0) is 4.79 Å². The largest absolute Gasteiger partial charge is 0.479 e.